The molecule has 5 nitrogen and oxygen atoms in total. The second kappa shape index (κ2) is 9.03. The van der Waals surface area contributed by atoms with Gasteiger partial charge >= 0.3 is 0 Å². The number of nitrogens with zero attached hydrogens (tertiary/aromatic N) is 1. The third kappa shape index (κ3) is 7.14. The molecule has 6 heteroatoms. The third-order valence-corrected chi connectivity index (χ3v) is 4.51. The van der Waals surface area contributed by atoms with Crippen LogP contribution in [0.3, 0.4) is 0 Å². The van der Waals surface area contributed by atoms with Crippen molar-refractivity contribution in [2.24, 2.45) is 5.41 Å². The SMILES string of the molecule is CN(C)C(CNC(=O)CCCNC(=O)C(C)(C)C)c1cccs1. The Morgan fingerprint density at radius 3 is 2.48 bits per heavy atom. The maximum atomic E-state index is 11.9. The zero-order chi connectivity index (χ0) is 17.5. The molecule has 130 valence electrons. The van der Waals surface area contributed by atoms with Gasteiger partial charge in [0, 0.05) is 29.8 Å². The van der Waals surface area contributed by atoms with Crippen molar-refractivity contribution in [2.45, 2.75) is 39.7 Å². The van der Waals surface area contributed by atoms with Crippen LogP contribution in [0.1, 0.15) is 44.5 Å². The Hall–Kier alpha value is -1.40. The first kappa shape index (κ1) is 19.6. The topological polar surface area (TPSA) is 61.4 Å². The number of carbonyl (C=O) groups excluding carboxylic acids is 2. The van der Waals surface area contributed by atoms with E-state index in [9.17, 15) is 9.59 Å². The molecular formula is C17H29N3O2S. The summed E-state index contributed by atoms with van der Waals surface area (Å²) >= 11 is 1.70. The van der Waals surface area contributed by atoms with E-state index in [1.807, 2.05) is 46.3 Å². The minimum absolute atomic E-state index is 0.0169. The van der Waals surface area contributed by atoms with E-state index < -0.39 is 0 Å². The summed E-state index contributed by atoms with van der Waals surface area (Å²) in [6.45, 7) is 6.76. The van der Waals surface area contributed by atoms with Gasteiger partial charge in [-0.1, -0.05) is 26.8 Å². The summed E-state index contributed by atoms with van der Waals surface area (Å²) < 4.78 is 0. The zero-order valence-electron chi connectivity index (χ0n) is 14.8. The number of carbonyl (C=O) groups is 2. The summed E-state index contributed by atoms with van der Waals surface area (Å²) in [5.41, 5.74) is -0.387. The van der Waals surface area contributed by atoms with E-state index in [1.54, 1.807) is 11.3 Å². The average Bonchev–Trinajstić information content (AvgIpc) is 2.96. The molecule has 0 aliphatic heterocycles. The van der Waals surface area contributed by atoms with E-state index in [-0.39, 0.29) is 23.3 Å². The largest absolute Gasteiger partial charge is 0.356 e. The summed E-state index contributed by atoms with van der Waals surface area (Å²) in [5, 5.41) is 7.89. The van der Waals surface area contributed by atoms with Gasteiger partial charge in [0.2, 0.25) is 11.8 Å². The Balaban J connectivity index is 2.27. The Kier molecular flexibility index (Phi) is 7.72. The van der Waals surface area contributed by atoms with E-state index in [2.05, 4.69) is 21.6 Å². The summed E-state index contributed by atoms with van der Waals surface area (Å²) in [5.74, 6) is 0.0432. The molecule has 0 aliphatic carbocycles. The van der Waals surface area contributed by atoms with Crippen molar-refractivity contribution < 1.29 is 9.59 Å². The van der Waals surface area contributed by atoms with Gasteiger partial charge in [0.25, 0.3) is 0 Å². The Morgan fingerprint density at radius 1 is 1.26 bits per heavy atom. The number of thiophene rings is 1. The van der Waals surface area contributed by atoms with Crippen molar-refractivity contribution in [1.82, 2.24) is 15.5 Å². The van der Waals surface area contributed by atoms with Crippen LogP contribution in [-0.2, 0) is 9.59 Å². The second-order valence-corrected chi connectivity index (χ2v) is 7.89. The van der Waals surface area contributed by atoms with Crippen molar-refractivity contribution in [1.29, 1.82) is 0 Å². The highest BCUT2D eigenvalue weighted by molar-refractivity contribution is 7.10. The first-order valence-corrected chi connectivity index (χ1v) is 8.84. The van der Waals surface area contributed by atoms with E-state index in [4.69, 9.17) is 0 Å². The molecule has 2 amide bonds. The number of nitrogens with one attached hydrogen (secondary N) is 2. The van der Waals surface area contributed by atoms with Crippen LogP contribution in [0.5, 0.6) is 0 Å². The van der Waals surface area contributed by atoms with E-state index >= 15 is 0 Å². The number of hydrogen-bond acceptors (Lipinski definition) is 4. The first-order valence-electron chi connectivity index (χ1n) is 7.96. The smallest absolute Gasteiger partial charge is 0.225 e. The Morgan fingerprint density at radius 2 is 1.96 bits per heavy atom. The number of amides is 2. The molecule has 1 rings (SSSR count). The summed E-state index contributed by atoms with van der Waals surface area (Å²) in [6.07, 6.45) is 1.08. The Labute approximate surface area is 143 Å². The van der Waals surface area contributed by atoms with Crippen LogP contribution in [0, 0.1) is 5.41 Å². The normalized spacial score (nSPS) is 13.0. The molecule has 23 heavy (non-hydrogen) atoms. The molecule has 0 fully saturated rings. The molecule has 0 saturated heterocycles. The molecule has 0 bridgehead atoms. The molecule has 0 spiro atoms. The van der Waals surface area contributed by atoms with Crippen molar-refractivity contribution in [3.63, 3.8) is 0 Å². The van der Waals surface area contributed by atoms with Crippen LogP contribution in [0.4, 0.5) is 0 Å². The highest BCUT2D eigenvalue weighted by atomic mass is 32.1. The fourth-order valence-electron chi connectivity index (χ4n) is 2.03. The lowest BCUT2D eigenvalue weighted by atomic mass is 9.96. The standard InChI is InChI=1S/C17H29N3O2S/c1-17(2,3)16(22)18-10-6-9-15(21)19-12-13(20(4)5)14-8-7-11-23-14/h7-8,11,13H,6,9-10,12H2,1-5H3,(H,18,22)(H,19,21). The molecule has 0 aliphatic rings. The number of hydrogen-bond donors (Lipinski definition) is 2. The van der Waals surface area contributed by atoms with Gasteiger partial charge < -0.3 is 15.5 Å². The predicted octanol–water partition coefficient (Wildman–Crippen LogP) is 2.41. The lowest BCUT2D eigenvalue weighted by Crippen LogP contribution is -2.36. The molecule has 1 atom stereocenters. The lowest BCUT2D eigenvalue weighted by molar-refractivity contribution is -0.128. The van der Waals surface area contributed by atoms with Crippen molar-refractivity contribution >= 4 is 23.2 Å². The second-order valence-electron chi connectivity index (χ2n) is 6.91. The van der Waals surface area contributed by atoms with Crippen molar-refractivity contribution in [3.05, 3.63) is 22.4 Å². The molecule has 1 aromatic rings. The molecule has 0 saturated carbocycles. The van der Waals surface area contributed by atoms with E-state index in [1.165, 1.54) is 4.88 Å². The fraction of sp³-hybridized carbons (Fsp3) is 0.647. The fourth-order valence-corrected chi connectivity index (χ4v) is 2.96. The van der Waals surface area contributed by atoms with Gasteiger partial charge in [-0.25, -0.2) is 0 Å². The van der Waals surface area contributed by atoms with Gasteiger partial charge in [0.05, 0.1) is 6.04 Å². The van der Waals surface area contributed by atoms with Crippen LogP contribution < -0.4 is 10.6 Å². The minimum atomic E-state index is -0.387. The highest BCUT2D eigenvalue weighted by Gasteiger charge is 2.20. The summed E-state index contributed by atoms with van der Waals surface area (Å²) in [6, 6.07) is 4.30. The van der Waals surface area contributed by atoms with E-state index in [0.717, 1.165) is 0 Å². The molecule has 0 aromatic carbocycles. The zero-order valence-corrected chi connectivity index (χ0v) is 15.6. The van der Waals surface area contributed by atoms with Crippen LogP contribution in [0.2, 0.25) is 0 Å². The average molecular weight is 340 g/mol. The maximum absolute atomic E-state index is 11.9. The van der Waals surface area contributed by atoms with Gasteiger partial charge in [-0.3, -0.25) is 9.59 Å². The molecule has 1 aromatic heterocycles. The highest BCUT2D eigenvalue weighted by Crippen LogP contribution is 2.22. The monoisotopic (exact) mass is 339 g/mol. The third-order valence-electron chi connectivity index (χ3n) is 3.53. The summed E-state index contributed by atoms with van der Waals surface area (Å²) in [7, 11) is 4.02. The van der Waals surface area contributed by atoms with Crippen molar-refractivity contribution in [2.75, 3.05) is 27.2 Å². The molecule has 2 N–H and O–H groups in total. The summed E-state index contributed by atoms with van der Waals surface area (Å²) in [4.78, 5) is 27.0. The lowest BCUT2D eigenvalue weighted by Gasteiger charge is -2.23. The predicted molar refractivity (Wildman–Crippen MR) is 95.5 cm³/mol. The molecule has 1 unspecified atom stereocenters. The quantitative estimate of drug-likeness (QED) is 0.715. The Bertz CT molecular complexity index is 492. The maximum Gasteiger partial charge on any atom is 0.225 e. The van der Waals surface area contributed by atoms with Gasteiger partial charge in [0.15, 0.2) is 0 Å². The van der Waals surface area contributed by atoms with Gasteiger partial charge in [-0.2, -0.15) is 0 Å². The van der Waals surface area contributed by atoms with Crippen LogP contribution in [0.15, 0.2) is 17.5 Å². The van der Waals surface area contributed by atoms with Gasteiger partial charge in [-0.15, -0.1) is 11.3 Å². The first-order chi connectivity index (χ1) is 10.7. The minimum Gasteiger partial charge on any atom is -0.356 e. The van der Waals surface area contributed by atoms with Gasteiger partial charge in [0.1, 0.15) is 0 Å². The number of likely N-dealkylation sites (N-methyl/N-ethyl adjacent to an activating group) is 1. The van der Waals surface area contributed by atoms with Crippen LogP contribution in [0.25, 0.3) is 0 Å². The van der Waals surface area contributed by atoms with Crippen LogP contribution >= 0.6 is 11.3 Å². The molecular weight excluding hydrogens is 310 g/mol. The van der Waals surface area contributed by atoms with E-state index in [0.29, 0.717) is 25.9 Å². The molecule has 0 radical (unpaired) electrons. The molecule has 1 heterocycles. The number of rotatable bonds is 8. The van der Waals surface area contributed by atoms with Crippen molar-refractivity contribution in [3.8, 4) is 0 Å². The van der Waals surface area contributed by atoms with Gasteiger partial charge in [-0.05, 0) is 32.0 Å². The van der Waals surface area contributed by atoms with Crippen LogP contribution in [-0.4, -0.2) is 43.9 Å².